The molecule has 0 fully saturated rings. The summed E-state index contributed by atoms with van der Waals surface area (Å²) in [5.41, 5.74) is 0. The zero-order valence-electron chi connectivity index (χ0n) is 17.1. The van der Waals surface area contributed by atoms with E-state index in [0.29, 0.717) is 0 Å². The molecule has 0 radical (unpaired) electrons. The highest BCUT2D eigenvalue weighted by Gasteiger charge is 2.20. The van der Waals surface area contributed by atoms with Crippen molar-refractivity contribution in [3.63, 3.8) is 0 Å². The van der Waals surface area contributed by atoms with E-state index in [1.54, 1.807) is 0 Å². The highest BCUT2D eigenvalue weighted by molar-refractivity contribution is 7.16. The van der Waals surface area contributed by atoms with Crippen molar-refractivity contribution in [2.75, 3.05) is 6.16 Å². The SMILES string of the molecule is CCCCCCC(CC(CC)CP)CC(CC)CC(CC)CC. The van der Waals surface area contributed by atoms with Crippen LogP contribution in [0.2, 0.25) is 0 Å². The van der Waals surface area contributed by atoms with Gasteiger partial charge in [0.05, 0.1) is 0 Å². The molecule has 140 valence electrons. The fourth-order valence-electron chi connectivity index (χ4n) is 4.09. The monoisotopic (exact) mass is 342 g/mol. The van der Waals surface area contributed by atoms with Crippen LogP contribution in [0.1, 0.15) is 112 Å². The second kappa shape index (κ2) is 15.9. The Morgan fingerprint density at radius 2 is 1.09 bits per heavy atom. The third-order valence-electron chi connectivity index (χ3n) is 6.11. The van der Waals surface area contributed by atoms with Crippen molar-refractivity contribution in [3.8, 4) is 0 Å². The van der Waals surface area contributed by atoms with E-state index in [1.807, 2.05) is 0 Å². The van der Waals surface area contributed by atoms with Crippen LogP contribution in [0, 0.1) is 23.7 Å². The van der Waals surface area contributed by atoms with Gasteiger partial charge in [-0.05, 0) is 49.1 Å². The van der Waals surface area contributed by atoms with Gasteiger partial charge in [-0.25, -0.2) is 0 Å². The van der Waals surface area contributed by atoms with Crippen molar-refractivity contribution in [2.45, 2.75) is 112 Å². The first-order valence-corrected chi connectivity index (χ1v) is 11.7. The molecule has 0 bridgehead atoms. The minimum Gasteiger partial charge on any atom is -0.137 e. The molecule has 23 heavy (non-hydrogen) atoms. The molecule has 0 aromatic carbocycles. The van der Waals surface area contributed by atoms with E-state index in [0.717, 1.165) is 23.7 Å². The first-order valence-electron chi connectivity index (χ1n) is 10.8. The molecule has 4 atom stereocenters. The molecule has 0 rings (SSSR count). The maximum absolute atomic E-state index is 2.99. The summed E-state index contributed by atoms with van der Waals surface area (Å²) in [6.07, 6.45) is 18.4. The molecule has 0 aromatic heterocycles. The Morgan fingerprint density at radius 3 is 1.57 bits per heavy atom. The van der Waals surface area contributed by atoms with Gasteiger partial charge in [0, 0.05) is 0 Å². The van der Waals surface area contributed by atoms with Gasteiger partial charge in [0.2, 0.25) is 0 Å². The fraction of sp³-hybridized carbons (Fsp3) is 1.00. The summed E-state index contributed by atoms with van der Waals surface area (Å²) in [4.78, 5) is 0. The lowest BCUT2D eigenvalue weighted by Gasteiger charge is -2.28. The lowest BCUT2D eigenvalue weighted by atomic mass is 9.79. The topological polar surface area (TPSA) is 0 Å². The second-order valence-corrected chi connectivity index (χ2v) is 8.36. The summed E-state index contributed by atoms with van der Waals surface area (Å²) >= 11 is 0. The first kappa shape index (κ1) is 23.4. The van der Waals surface area contributed by atoms with Crippen LogP contribution in [0.15, 0.2) is 0 Å². The predicted molar refractivity (Wildman–Crippen MR) is 112 cm³/mol. The number of rotatable bonds is 16. The largest absolute Gasteiger partial charge is 0.137 e. The van der Waals surface area contributed by atoms with Gasteiger partial charge in [-0.2, -0.15) is 0 Å². The summed E-state index contributed by atoms with van der Waals surface area (Å²) < 4.78 is 0. The van der Waals surface area contributed by atoms with Gasteiger partial charge < -0.3 is 0 Å². The highest BCUT2D eigenvalue weighted by atomic mass is 31.0. The van der Waals surface area contributed by atoms with Crippen molar-refractivity contribution in [2.24, 2.45) is 23.7 Å². The molecular weight excluding hydrogens is 295 g/mol. The molecule has 0 amide bonds. The van der Waals surface area contributed by atoms with Crippen molar-refractivity contribution in [1.29, 1.82) is 0 Å². The number of hydrogen-bond acceptors (Lipinski definition) is 0. The standard InChI is InChI=1S/C22H47P/c1-6-11-12-13-14-22(17-21(10-5)18-23)16-20(9-4)15-19(7-2)8-3/h19-22H,6-18,23H2,1-5H3. The molecule has 0 heterocycles. The smallest absolute Gasteiger partial charge is 0.0353 e. The molecule has 0 nitrogen and oxygen atoms in total. The van der Waals surface area contributed by atoms with Gasteiger partial charge in [-0.1, -0.05) is 92.4 Å². The van der Waals surface area contributed by atoms with Crippen LogP contribution in [0.4, 0.5) is 0 Å². The molecule has 1 heteroatoms. The van der Waals surface area contributed by atoms with Crippen LogP contribution >= 0.6 is 9.24 Å². The maximum Gasteiger partial charge on any atom is -0.0353 e. The Morgan fingerprint density at radius 1 is 0.565 bits per heavy atom. The lowest BCUT2D eigenvalue weighted by molar-refractivity contribution is 0.247. The molecule has 0 aliphatic rings. The second-order valence-electron chi connectivity index (χ2n) is 7.89. The summed E-state index contributed by atoms with van der Waals surface area (Å²) in [5, 5.41) is 0. The van der Waals surface area contributed by atoms with E-state index in [1.165, 1.54) is 83.2 Å². The van der Waals surface area contributed by atoms with Crippen LogP contribution < -0.4 is 0 Å². The molecule has 4 unspecified atom stereocenters. The van der Waals surface area contributed by atoms with E-state index in [2.05, 4.69) is 43.9 Å². The average molecular weight is 343 g/mol. The van der Waals surface area contributed by atoms with Gasteiger partial charge in [0.1, 0.15) is 0 Å². The van der Waals surface area contributed by atoms with E-state index in [9.17, 15) is 0 Å². The van der Waals surface area contributed by atoms with E-state index >= 15 is 0 Å². The third-order valence-corrected chi connectivity index (χ3v) is 6.78. The van der Waals surface area contributed by atoms with Gasteiger partial charge in [-0.3, -0.25) is 0 Å². The number of unbranched alkanes of at least 4 members (excludes halogenated alkanes) is 3. The van der Waals surface area contributed by atoms with Crippen molar-refractivity contribution < 1.29 is 0 Å². The summed E-state index contributed by atoms with van der Waals surface area (Å²) in [6.45, 7) is 11.9. The van der Waals surface area contributed by atoms with Gasteiger partial charge in [0.25, 0.3) is 0 Å². The Hall–Kier alpha value is 0.430. The van der Waals surface area contributed by atoms with Crippen molar-refractivity contribution in [1.82, 2.24) is 0 Å². The van der Waals surface area contributed by atoms with Gasteiger partial charge in [0.15, 0.2) is 0 Å². The summed E-state index contributed by atoms with van der Waals surface area (Å²) in [6, 6.07) is 0. The highest BCUT2D eigenvalue weighted by Crippen LogP contribution is 2.33. The van der Waals surface area contributed by atoms with Gasteiger partial charge in [-0.15, -0.1) is 9.24 Å². The summed E-state index contributed by atoms with van der Waals surface area (Å²) in [5.74, 6) is 3.85. The molecule has 0 saturated heterocycles. The Bertz CT molecular complexity index is 230. The third kappa shape index (κ3) is 11.6. The van der Waals surface area contributed by atoms with Gasteiger partial charge >= 0.3 is 0 Å². The van der Waals surface area contributed by atoms with E-state index in [4.69, 9.17) is 0 Å². The fourth-order valence-corrected chi connectivity index (χ4v) is 4.61. The zero-order chi connectivity index (χ0) is 17.5. The van der Waals surface area contributed by atoms with Crippen LogP contribution in [-0.4, -0.2) is 6.16 Å². The average Bonchev–Trinajstić information content (AvgIpc) is 2.59. The summed E-state index contributed by atoms with van der Waals surface area (Å²) in [7, 11) is 2.99. The Labute approximate surface area is 151 Å². The van der Waals surface area contributed by atoms with Crippen molar-refractivity contribution in [3.05, 3.63) is 0 Å². The number of hydrogen-bond donors (Lipinski definition) is 0. The molecule has 0 saturated carbocycles. The molecule has 0 spiro atoms. The van der Waals surface area contributed by atoms with Crippen LogP contribution in [0.3, 0.4) is 0 Å². The molecule has 0 aliphatic heterocycles. The minimum absolute atomic E-state index is 0.932. The molecular formula is C22H47P. The van der Waals surface area contributed by atoms with Crippen LogP contribution in [0.25, 0.3) is 0 Å². The quantitative estimate of drug-likeness (QED) is 0.196. The maximum atomic E-state index is 2.99. The molecule has 0 aliphatic carbocycles. The van der Waals surface area contributed by atoms with Crippen LogP contribution in [-0.2, 0) is 0 Å². The first-order chi connectivity index (χ1) is 11.1. The minimum atomic E-state index is 0.932. The zero-order valence-corrected chi connectivity index (χ0v) is 18.2. The van der Waals surface area contributed by atoms with Crippen molar-refractivity contribution >= 4 is 9.24 Å². The predicted octanol–water partition coefficient (Wildman–Crippen LogP) is 8.11. The Balaban J connectivity index is 4.53. The van der Waals surface area contributed by atoms with Crippen LogP contribution in [0.5, 0.6) is 0 Å². The van der Waals surface area contributed by atoms with E-state index < -0.39 is 0 Å². The molecule has 0 N–H and O–H groups in total. The molecule has 0 aromatic rings. The Kier molecular flexibility index (Phi) is 16.2. The normalized spacial score (nSPS) is 15.8. The lowest BCUT2D eigenvalue weighted by Crippen LogP contribution is -2.16. The van der Waals surface area contributed by atoms with E-state index in [-0.39, 0.29) is 0 Å².